The quantitative estimate of drug-likeness (QED) is 0.487. The summed E-state index contributed by atoms with van der Waals surface area (Å²) < 4.78 is 0. The Bertz CT molecular complexity index is 451. The first-order chi connectivity index (χ1) is 9.52. The van der Waals surface area contributed by atoms with Gasteiger partial charge >= 0.3 is 0 Å². The highest BCUT2D eigenvalue weighted by atomic mass is 15.2. The first kappa shape index (κ1) is 15.3. The predicted octanol–water partition coefficient (Wildman–Crippen LogP) is 4.38. The van der Waals surface area contributed by atoms with E-state index < -0.39 is 0 Å². The summed E-state index contributed by atoms with van der Waals surface area (Å²) in [5.74, 6) is 5.82. The molecule has 110 valence electrons. The molecule has 1 aliphatic rings. The molecule has 20 heavy (non-hydrogen) atoms. The van der Waals surface area contributed by atoms with Crippen LogP contribution in [-0.2, 0) is 5.41 Å². The predicted molar refractivity (Wildman–Crippen MR) is 86.4 cm³/mol. The van der Waals surface area contributed by atoms with Crippen LogP contribution in [0.4, 0.5) is 0 Å². The minimum absolute atomic E-state index is 0.169. The van der Waals surface area contributed by atoms with Gasteiger partial charge in [0.1, 0.15) is 0 Å². The molecule has 0 saturated carbocycles. The van der Waals surface area contributed by atoms with E-state index in [1.54, 1.807) is 0 Å². The fourth-order valence-corrected chi connectivity index (χ4v) is 2.89. The second kappa shape index (κ2) is 6.55. The molecular weight excluding hydrogens is 244 g/mol. The minimum Gasteiger partial charge on any atom is -0.271 e. The third kappa shape index (κ3) is 3.71. The molecule has 0 aromatic heterocycles. The van der Waals surface area contributed by atoms with Crippen LogP contribution in [0.25, 0.3) is 0 Å². The van der Waals surface area contributed by atoms with Crippen LogP contribution in [-0.4, -0.2) is 0 Å². The highest BCUT2D eigenvalue weighted by molar-refractivity contribution is 5.33. The van der Waals surface area contributed by atoms with Crippen LogP contribution in [0.2, 0.25) is 0 Å². The van der Waals surface area contributed by atoms with E-state index in [1.807, 2.05) is 0 Å². The molecule has 0 bridgehead atoms. The molecule has 0 spiro atoms. The lowest BCUT2D eigenvalue weighted by Crippen LogP contribution is -2.29. The van der Waals surface area contributed by atoms with Gasteiger partial charge in [-0.15, -0.1) is 0 Å². The molecule has 2 rings (SSSR count). The molecule has 0 aliphatic heterocycles. The SMILES string of the molecule is CC(C)(C)c1ccc(C(NN)C2=CCCCCC2)cc1. The second-order valence-electron chi connectivity index (χ2n) is 6.85. The van der Waals surface area contributed by atoms with Crippen molar-refractivity contribution in [3.05, 3.63) is 47.0 Å². The molecule has 1 aromatic rings. The summed E-state index contributed by atoms with van der Waals surface area (Å²) in [5, 5.41) is 0. The van der Waals surface area contributed by atoms with E-state index in [1.165, 1.54) is 42.4 Å². The summed E-state index contributed by atoms with van der Waals surface area (Å²) in [6.45, 7) is 6.73. The van der Waals surface area contributed by atoms with Gasteiger partial charge in [-0.3, -0.25) is 5.84 Å². The number of nitrogens with two attached hydrogens (primary N) is 1. The Morgan fingerprint density at radius 3 is 2.35 bits per heavy atom. The second-order valence-corrected chi connectivity index (χ2v) is 6.85. The largest absolute Gasteiger partial charge is 0.271 e. The van der Waals surface area contributed by atoms with Crippen LogP contribution in [0.3, 0.4) is 0 Å². The molecule has 0 radical (unpaired) electrons. The number of allylic oxidation sites excluding steroid dienone is 1. The van der Waals surface area contributed by atoms with Crippen LogP contribution in [0.5, 0.6) is 0 Å². The topological polar surface area (TPSA) is 38.0 Å². The molecule has 1 atom stereocenters. The van der Waals surface area contributed by atoms with Crippen LogP contribution in [0, 0.1) is 0 Å². The van der Waals surface area contributed by atoms with Gasteiger partial charge in [-0.05, 0) is 42.2 Å². The smallest absolute Gasteiger partial charge is 0.0670 e. The van der Waals surface area contributed by atoms with E-state index in [2.05, 4.69) is 56.5 Å². The van der Waals surface area contributed by atoms with Gasteiger partial charge in [0, 0.05) is 0 Å². The van der Waals surface area contributed by atoms with E-state index in [-0.39, 0.29) is 11.5 Å². The van der Waals surface area contributed by atoms with Gasteiger partial charge in [0.15, 0.2) is 0 Å². The van der Waals surface area contributed by atoms with Crippen LogP contribution >= 0.6 is 0 Å². The van der Waals surface area contributed by atoms with Crippen molar-refractivity contribution in [3.63, 3.8) is 0 Å². The third-order valence-electron chi connectivity index (χ3n) is 4.22. The van der Waals surface area contributed by atoms with E-state index in [0.717, 1.165) is 6.42 Å². The molecule has 2 heteroatoms. The molecule has 1 unspecified atom stereocenters. The molecule has 3 N–H and O–H groups in total. The van der Waals surface area contributed by atoms with Crippen molar-refractivity contribution < 1.29 is 0 Å². The average Bonchev–Trinajstić information content (AvgIpc) is 2.68. The van der Waals surface area contributed by atoms with E-state index in [0.29, 0.717) is 0 Å². The highest BCUT2D eigenvalue weighted by Crippen LogP contribution is 2.30. The monoisotopic (exact) mass is 272 g/mol. The number of nitrogens with one attached hydrogen (secondary N) is 1. The maximum atomic E-state index is 5.82. The Morgan fingerprint density at radius 1 is 1.05 bits per heavy atom. The summed E-state index contributed by atoms with van der Waals surface area (Å²) in [5.41, 5.74) is 7.30. The summed E-state index contributed by atoms with van der Waals surface area (Å²) in [6.07, 6.45) is 8.66. The van der Waals surface area contributed by atoms with Gasteiger partial charge in [0.2, 0.25) is 0 Å². The van der Waals surface area contributed by atoms with Crippen LogP contribution < -0.4 is 11.3 Å². The van der Waals surface area contributed by atoms with Crippen LogP contribution in [0.1, 0.15) is 70.0 Å². The number of rotatable bonds is 3. The van der Waals surface area contributed by atoms with Crippen molar-refractivity contribution in [2.24, 2.45) is 5.84 Å². The summed E-state index contributed by atoms with van der Waals surface area (Å²) >= 11 is 0. The number of hydrazine groups is 1. The average molecular weight is 272 g/mol. The Morgan fingerprint density at radius 2 is 1.75 bits per heavy atom. The Balaban J connectivity index is 2.21. The summed E-state index contributed by atoms with van der Waals surface area (Å²) in [7, 11) is 0. The van der Waals surface area contributed by atoms with E-state index >= 15 is 0 Å². The number of hydrogen-bond donors (Lipinski definition) is 2. The maximum Gasteiger partial charge on any atom is 0.0670 e. The number of hydrogen-bond acceptors (Lipinski definition) is 2. The number of benzene rings is 1. The van der Waals surface area contributed by atoms with Gasteiger partial charge < -0.3 is 0 Å². The van der Waals surface area contributed by atoms with Crippen molar-refractivity contribution in [2.45, 2.75) is 64.3 Å². The molecule has 1 aromatic carbocycles. The molecule has 2 nitrogen and oxygen atoms in total. The van der Waals surface area contributed by atoms with Gasteiger partial charge in [-0.2, -0.15) is 0 Å². The minimum atomic E-state index is 0.169. The van der Waals surface area contributed by atoms with E-state index in [9.17, 15) is 0 Å². The van der Waals surface area contributed by atoms with Gasteiger partial charge in [0.05, 0.1) is 6.04 Å². The van der Waals surface area contributed by atoms with Crippen molar-refractivity contribution in [1.82, 2.24) is 5.43 Å². The Hall–Kier alpha value is -1.12. The van der Waals surface area contributed by atoms with Gasteiger partial charge in [0.25, 0.3) is 0 Å². The standard InChI is InChI=1S/C18H28N2/c1-18(2,3)16-12-10-15(11-13-16)17(20-19)14-8-6-4-5-7-9-14/h8,10-13,17,20H,4-7,9,19H2,1-3H3. The lowest BCUT2D eigenvalue weighted by Gasteiger charge is -2.23. The van der Waals surface area contributed by atoms with Gasteiger partial charge in [-0.1, -0.05) is 63.1 Å². The zero-order chi connectivity index (χ0) is 14.6. The summed E-state index contributed by atoms with van der Waals surface area (Å²) in [6, 6.07) is 9.07. The molecule has 0 heterocycles. The Labute approximate surface area is 123 Å². The normalized spacial score (nSPS) is 18.3. The highest BCUT2D eigenvalue weighted by Gasteiger charge is 2.18. The Kier molecular flexibility index (Phi) is 5.00. The molecular formula is C18H28N2. The van der Waals surface area contributed by atoms with Crippen molar-refractivity contribution >= 4 is 0 Å². The maximum absolute atomic E-state index is 5.82. The van der Waals surface area contributed by atoms with Crippen molar-refractivity contribution in [2.75, 3.05) is 0 Å². The summed E-state index contributed by atoms with van der Waals surface area (Å²) in [4.78, 5) is 0. The van der Waals surface area contributed by atoms with Crippen molar-refractivity contribution in [3.8, 4) is 0 Å². The molecule has 0 saturated heterocycles. The zero-order valence-corrected chi connectivity index (χ0v) is 13.1. The van der Waals surface area contributed by atoms with Crippen LogP contribution in [0.15, 0.2) is 35.9 Å². The molecule has 0 amide bonds. The first-order valence-corrected chi connectivity index (χ1v) is 7.78. The zero-order valence-electron chi connectivity index (χ0n) is 13.1. The molecule has 0 fully saturated rings. The van der Waals surface area contributed by atoms with Crippen molar-refractivity contribution in [1.29, 1.82) is 0 Å². The first-order valence-electron chi connectivity index (χ1n) is 7.78. The van der Waals surface area contributed by atoms with E-state index in [4.69, 9.17) is 5.84 Å². The van der Waals surface area contributed by atoms with Gasteiger partial charge in [-0.25, -0.2) is 5.43 Å². The fraction of sp³-hybridized carbons (Fsp3) is 0.556. The third-order valence-corrected chi connectivity index (χ3v) is 4.22. The molecule has 1 aliphatic carbocycles. The fourth-order valence-electron chi connectivity index (χ4n) is 2.89. The lowest BCUT2D eigenvalue weighted by molar-refractivity contribution is 0.581. The lowest BCUT2D eigenvalue weighted by atomic mass is 9.85.